The van der Waals surface area contributed by atoms with E-state index < -0.39 is 15.9 Å². The maximum absolute atomic E-state index is 11.9. The smallest absolute Gasteiger partial charge is 0.273 e. The highest BCUT2D eigenvalue weighted by molar-refractivity contribution is 7.92. The Morgan fingerprint density at radius 1 is 1.56 bits per heavy atom. The molecule has 2 aliphatic rings. The standard InChI is InChI=1S/C11H13NO4S2/c13-10(8-6-11(8)3-4-16-7-11)12-18(14,15)9-2-1-5-17-9/h1-2,5,8H,3-4,6-7H2,(H,12,13). The van der Waals surface area contributed by atoms with Gasteiger partial charge in [-0.15, -0.1) is 11.3 Å². The summed E-state index contributed by atoms with van der Waals surface area (Å²) < 4.78 is 31.4. The molecule has 1 aromatic heterocycles. The van der Waals surface area contributed by atoms with Gasteiger partial charge in [0.1, 0.15) is 4.21 Å². The van der Waals surface area contributed by atoms with Crippen molar-refractivity contribution in [2.45, 2.75) is 17.1 Å². The van der Waals surface area contributed by atoms with Gasteiger partial charge in [-0.3, -0.25) is 4.79 Å². The van der Waals surface area contributed by atoms with Gasteiger partial charge < -0.3 is 4.74 Å². The van der Waals surface area contributed by atoms with E-state index >= 15 is 0 Å². The Morgan fingerprint density at radius 3 is 3.00 bits per heavy atom. The second kappa shape index (κ2) is 4.04. The zero-order valence-corrected chi connectivity index (χ0v) is 11.2. The monoisotopic (exact) mass is 287 g/mol. The lowest BCUT2D eigenvalue weighted by Gasteiger charge is -2.07. The molecule has 2 unspecified atom stereocenters. The van der Waals surface area contributed by atoms with Gasteiger partial charge in [0.15, 0.2) is 0 Å². The van der Waals surface area contributed by atoms with Gasteiger partial charge >= 0.3 is 0 Å². The molecule has 1 amide bonds. The second-order valence-electron chi connectivity index (χ2n) is 4.82. The average molecular weight is 287 g/mol. The zero-order valence-electron chi connectivity index (χ0n) is 9.59. The van der Waals surface area contributed by atoms with Crippen LogP contribution >= 0.6 is 11.3 Å². The molecule has 5 nitrogen and oxygen atoms in total. The van der Waals surface area contributed by atoms with E-state index in [1.54, 1.807) is 11.4 Å². The summed E-state index contributed by atoms with van der Waals surface area (Å²) in [6, 6.07) is 3.13. The van der Waals surface area contributed by atoms with Crippen LogP contribution in [-0.4, -0.2) is 27.5 Å². The minimum Gasteiger partial charge on any atom is -0.381 e. The molecule has 2 atom stereocenters. The van der Waals surface area contributed by atoms with Gasteiger partial charge in [-0.1, -0.05) is 6.07 Å². The summed E-state index contributed by atoms with van der Waals surface area (Å²) in [5.41, 5.74) is -0.0882. The first-order chi connectivity index (χ1) is 8.54. The first-order valence-corrected chi connectivity index (χ1v) is 8.08. The van der Waals surface area contributed by atoms with Crippen molar-refractivity contribution in [2.75, 3.05) is 13.2 Å². The van der Waals surface area contributed by atoms with Crippen LogP contribution in [0.1, 0.15) is 12.8 Å². The third-order valence-corrected chi connectivity index (χ3v) is 6.38. The lowest BCUT2D eigenvalue weighted by Crippen LogP contribution is -2.33. The van der Waals surface area contributed by atoms with E-state index in [1.807, 2.05) is 0 Å². The fraction of sp³-hybridized carbons (Fsp3) is 0.545. The topological polar surface area (TPSA) is 72.5 Å². The van der Waals surface area contributed by atoms with E-state index in [0.29, 0.717) is 13.2 Å². The normalized spacial score (nSPS) is 30.6. The Balaban J connectivity index is 1.69. The number of hydrogen-bond donors (Lipinski definition) is 1. The SMILES string of the molecule is O=C(NS(=O)(=O)c1cccs1)C1CC12CCOC2. The molecular weight excluding hydrogens is 274 g/mol. The fourth-order valence-electron chi connectivity index (χ4n) is 2.45. The van der Waals surface area contributed by atoms with E-state index in [4.69, 9.17) is 4.74 Å². The molecular formula is C11H13NO4S2. The van der Waals surface area contributed by atoms with Crippen molar-refractivity contribution in [3.63, 3.8) is 0 Å². The molecule has 2 fully saturated rings. The lowest BCUT2D eigenvalue weighted by atomic mass is 10.0. The number of thiophene rings is 1. The van der Waals surface area contributed by atoms with Gasteiger partial charge in [-0.25, -0.2) is 13.1 Å². The fourth-order valence-corrected chi connectivity index (χ4v) is 4.46. The maximum atomic E-state index is 11.9. The molecule has 1 saturated heterocycles. The van der Waals surface area contributed by atoms with Crippen molar-refractivity contribution >= 4 is 27.3 Å². The summed E-state index contributed by atoms with van der Waals surface area (Å²) in [6.45, 7) is 1.24. The van der Waals surface area contributed by atoms with E-state index in [0.717, 1.165) is 24.2 Å². The van der Waals surface area contributed by atoms with Gasteiger partial charge in [0.2, 0.25) is 5.91 Å². The number of hydrogen-bond acceptors (Lipinski definition) is 5. The number of nitrogens with one attached hydrogen (secondary N) is 1. The maximum Gasteiger partial charge on any atom is 0.273 e. The molecule has 3 rings (SSSR count). The minimum atomic E-state index is -3.69. The van der Waals surface area contributed by atoms with Crippen LogP contribution in [0.25, 0.3) is 0 Å². The molecule has 18 heavy (non-hydrogen) atoms. The molecule has 1 saturated carbocycles. The van der Waals surface area contributed by atoms with E-state index in [2.05, 4.69) is 4.72 Å². The van der Waals surface area contributed by atoms with Crippen LogP contribution in [0.3, 0.4) is 0 Å². The van der Waals surface area contributed by atoms with Gasteiger partial charge in [0.25, 0.3) is 10.0 Å². The first kappa shape index (κ1) is 12.1. The second-order valence-corrected chi connectivity index (χ2v) is 7.68. The molecule has 1 aliphatic heterocycles. The quantitative estimate of drug-likeness (QED) is 0.899. The minimum absolute atomic E-state index is 0.0882. The summed E-state index contributed by atoms with van der Waals surface area (Å²) in [7, 11) is -3.69. The Hall–Kier alpha value is -0.920. The van der Waals surface area contributed by atoms with Crippen molar-refractivity contribution in [3.05, 3.63) is 17.5 Å². The number of amides is 1. The van der Waals surface area contributed by atoms with Crippen LogP contribution in [0.15, 0.2) is 21.7 Å². The van der Waals surface area contributed by atoms with Crippen molar-refractivity contribution in [3.8, 4) is 0 Å². The predicted molar refractivity (Wildman–Crippen MR) is 65.6 cm³/mol. The number of sulfonamides is 1. The van der Waals surface area contributed by atoms with Crippen molar-refractivity contribution in [1.82, 2.24) is 4.72 Å². The molecule has 1 N–H and O–H groups in total. The first-order valence-electron chi connectivity index (χ1n) is 5.71. The van der Waals surface area contributed by atoms with E-state index in [-0.39, 0.29) is 15.5 Å². The van der Waals surface area contributed by atoms with Crippen molar-refractivity contribution < 1.29 is 17.9 Å². The number of ether oxygens (including phenoxy) is 1. The highest BCUT2D eigenvalue weighted by Crippen LogP contribution is 2.57. The Kier molecular flexibility index (Phi) is 2.72. The molecule has 0 bridgehead atoms. The van der Waals surface area contributed by atoms with Crippen LogP contribution in [0.5, 0.6) is 0 Å². The molecule has 1 spiro atoms. The summed E-state index contributed by atoms with van der Waals surface area (Å²) in [4.78, 5) is 11.9. The van der Waals surface area contributed by atoms with Crippen LogP contribution in [0.2, 0.25) is 0 Å². The summed E-state index contributed by atoms with van der Waals surface area (Å²) in [5.74, 6) is -0.608. The third-order valence-electron chi connectivity index (χ3n) is 3.63. The molecule has 7 heteroatoms. The molecule has 98 valence electrons. The Labute approximate surface area is 109 Å². The van der Waals surface area contributed by atoms with Gasteiger partial charge in [0, 0.05) is 17.9 Å². The summed E-state index contributed by atoms with van der Waals surface area (Å²) >= 11 is 1.10. The number of rotatable bonds is 3. The van der Waals surface area contributed by atoms with Crippen LogP contribution in [0.4, 0.5) is 0 Å². The highest BCUT2D eigenvalue weighted by Gasteiger charge is 2.60. The largest absolute Gasteiger partial charge is 0.381 e. The van der Waals surface area contributed by atoms with Gasteiger partial charge in [0.05, 0.1) is 6.61 Å². The Morgan fingerprint density at radius 2 is 2.39 bits per heavy atom. The van der Waals surface area contributed by atoms with Gasteiger partial charge in [-0.2, -0.15) is 0 Å². The summed E-state index contributed by atoms with van der Waals surface area (Å²) in [5, 5.41) is 1.67. The zero-order chi connectivity index (χ0) is 12.8. The number of carbonyl (C=O) groups excluding carboxylic acids is 1. The van der Waals surface area contributed by atoms with E-state index in [1.165, 1.54) is 6.07 Å². The highest BCUT2D eigenvalue weighted by atomic mass is 32.2. The molecule has 0 aromatic carbocycles. The summed E-state index contributed by atoms with van der Waals surface area (Å²) in [6.07, 6.45) is 1.59. The molecule has 1 aromatic rings. The molecule has 0 radical (unpaired) electrons. The van der Waals surface area contributed by atoms with Crippen LogP contribution < -0.4 is 4.72 Å². The van der Waals surface area contributed by atoms with Crippen molar-refractivity contribution in [1.29, 1.82) is 0 Å². The average Bonchev–Trinajstić information content (AvgIpc) is 2.74. The van der Waals surface area contributed by atoms with Crippen molar-refractivity contribution in [2.24, 2.45) is 11.3 Å². The van der Waals surface area contributed by atoms with Gasteiger partial charge in [-0.05, 0) is 24.3 Å². The van der Waals surface area contributed by atoms with E-state index in [9.17, 15) is 13.2 Å². The lowest BCUT2D eigenvalue weighted by molar-refractivity contribution is -0.121. The van der Waals surface area contributed by atoms with Crippen LogP contribution in [0, 0.1) is 11.3 Å². The Bertz CT molecular complexity index is 558. The molecule has 1 aliphatic carbocycles. The third kappa shape index (κ3) is 1.96. The predicted octanol–water partition coefficient (Wildman–Crippen LogP) is 0.980. The number of carbonyl (C=O) groups is 1. The molecule has 2 heterocycles. The van der Waals surface area contributed by atoms with Crippen LogP contribution in [-0.2, 0) is 19.6 Å².